The van der Waals surface area contributed by atoms with Gasteiger partial charge in [0.05, 0.1) is 12.1 Å². The topological polar surface area (TPSA) is 30.0 Å². The van der Waals surface area contributed by atoms with E-state index >= 15 is 0 Å². The van der Waals surface area contributed by atoms with Gasteiger partial charge in [-0.25, -0.2) is 4.98 Å². The summed E-state index contributed by atoms with van der Waals surface area (Å²) in [5.74, 6) is 0.343. The third-order valence-electron chi connectivity index (χ3n) is 3.48. The summed E-state index contributed by atoms with van der Waals surface area (Å²) in [6.45, 7) is 8.70. The molecule has 1 heterocycles. The molecule has 0 spiro atoms. The Morgan fingerprint density at radius 1 is 1.15 bits per heavy atom. The number of aromatic nitrogens is 1. The first-order chi connectivity index (χ1) is 9.43. The fraction of sp³-hybridized carbons (Fsp3) is 0.765. The summed E-state index contributed by atoms with van der Waals surface area (Å²) >= 11 is 1.62. The number of nitrogens with zero attached hydrogens (tertiary/aromatic N) is 1. The van der Waals surface area contributed by atoms with E-state index in [2.05, 4.69) is 38.1 Å². The highest BCUT2D eigenvalue weighted by Crippen LogP contribution is 2.24. The van der Waals surface area contributed by atoms with Crippen LogP contribution in [0.1, 0.15) is 83.3 Å². The fourth-order valence-electron chi connectivity index (χ4n) is 2.10. The Hall–Kier alpha value is -0.700. The summed E-state index contributed by atoms with van der Waals surface area (Å²) in [5, 5.41) is 3.07. The van der Waals surface area contributed by atoms with Gasteiger partial charge in [-0.05, 0) is 6.42 Å². The Kier molecular flexibility index (Phi) is 7.42. The molecule has 1 rings (SSSR count). The zero-order chi connectivity index (χ0) is 15.0. The highest BCUT2D eigenvalue weighted by molar-refractivity contribution is 7.09. The first-order valence-corrected chi connectivity index (χ1v) is 8.78. The number of rotatable bonds is 9. The smallest absolute Gasteiger partial charge is 0.139 e. The van der Waals surface area contributed by atoms with Crippen LogP contribution < -0.4 is 0 Å². The third kappa shape index (κ3) is 6.65. The number of unbranched alkanes of at least 4 members (excludes halogenated alkanes) is 5. The Labute approximate surface area is 128 Å². The molecule has 0 aromatic carbocycles. The molecule has 2 nitrogen and oxygen atoms in total. The SMILES string of the molecule is CCCCCCCCC(=O)Cc1nc(C(C)(C)C)cs1. The van der Waals surface area contributed by atoms with E-state index in [0.717, 1.165) is 23.5 Å². The number of carbonyl (C=O) groups is 1. The molecule has 0 atom stereocenters. The van der Waals surface area contributed by atoms with Crippen molar-refractivity contribution in [2.24, 2.45) is 0 Å². The lowest BCUT2D eigenvalue weighted by Gasteiger charge is -2.14. The van der Waals surface area contributed by atoms with Crippen LogP contribution in [0.25, 0.3) is 0 Å². The zero-order valence-corrected chi connectivity index (χ0v) is 14.3. The average molecular weight is 295 g/mol. The van der Waals surface area contributed by atoms with E-state index in [-0.39, 0.29) is 5.41 Å². The van der Waals surface area contributed by atoms with E-state index in [1.54, 1.807) is 11.3 Å². The number of carbonyl (C=O) groups excluding carboxylic acids is 1. The van der Waals surface area contributed by atoms with Crippen molar-refractivity contribution in [1.29, 1.82) is 0 Å². The molecule has 0 unspecified atom stereocenters. The van der Waals surface area contributed by atoms with Crippen LogP contribution in [-0.4, -0.2) is 10.8 Å². The first kappa shape index (κ1) is 17.4. The van der Waals surface area contributed by atoms with Crippen molar-refractivity contribution < 1.29 is 4.79 Å². The molecule has 0 aliphatic rings. The Bertz CT molecular complexity index is 403. The monoisotopic (exact) mass is 295 g/mol. The molecule has 0 saturated carbocycles. The maximum atomic E-state index is 11.9. The molecule has 1 aromatic heterocycles. The molecule has 0 aliphatic heterocycles. The van der Waals surface area contributed by atoms with Crippen LogP contribution >= 0.6 is 11.3 Å². The molecule has 3 heteroatoms. The molecule has 1 aromatic rings. The lowest BCUT2D eigenvalue weighted by Crippen LogP contribution is -2.12. The van der Waals surface area contributed by atoms with Crippen molar-refractivity contribution in [2.75, 3.05) is 0 Å². The summed E-state index contributed by atoms with van der Waals surface area (Å²) in [5.41, 5.74) is 1.18. The van der Waals surface area contributed by atoms with E-state index in [4.69, 9.17) is 0 Å². The van der Waals surface area contributed by atoms with Gasteiger partial charge in [0.15, 0.2) is 0 Å². The highest BCUT2D eigenvalue weighted by Gasteiger charge is 2.18. The van der Waals surface area contributed by atoms with E-state index in [1.807, 2.05) is 0 Å². The molecule has 114 valence electrons. The lowest BCUT2D eigenvalue weighted by molar-refractivity contribution is -0.118. The van der Waals surface area contributed by atoms with Crippen molar-refractivity contribution in [2.45, 2.75) is 84.5 Å². The van der Waals surface area contributed by atoms with E-state index < -0.39 is 0 Å². The molecule has 0 amide bonds. The number of thiazole rings is 1. The van der Waals surface area contributed by atoms with Gasteiger partial charge in [0.25, 0.3) is 0 Å². The largest absolute Gasteiger partial charge is 0.299 e. The summed E-state index contributed by atoms with van der Waals surface area (Å²) in [6.07, 6.45) is 8.66. The van der Waals surface area contributed by atoms with Crippen LogP contribution in [0.4, 0.5) is 0 Å². The predicted octanol–water partition coefficient (Wildman–Crippen LogP) is 5.30. The standard InChI is InChI=1S/C17H29NOS/c1-5-6-7-8-9-10-11-14(19)12-16-18-15(13-20-16)17(2,3)4/h13H,5-12H2,1-4H3. The Balaban J connectivity index is 2.24. The predicted molar refractivity (Wildman–Crippen MR) is 87.5 cm³/mol. The van der Waals surface area contributed by atoms with Gasteiger partial charge in [-0.15, -0.1) is 11.3 Å². The Morgan fingerprint density at radius 3 is 2.40 bits per heavy atom. The van der Waals surface area contributed by atoms with Crippen LogP contribution in [0, 0.1) is 0 Å². The van der Waals surface area contributed by atoms with Crippen LogP contribution in [0.3, 0.4) is 0 Å². The second-order valence-corrected chi connectivity index (χ2v) is 7.55. The Morgan fingerprint density at radius 2 is 1.80 bits per heavy atom. The highest BCUT2D eigenvalue weighted by atomic mass is 32.1. The molecule has 0 aliphatic carbocycles. The van der Waals surface area contributed by atoms with Gasteiger partial charge in [0.2, 0.25) is 0 Å². The summed E-state index contributed by atoms with van der Waals surface area (Å²) < 4.78 is 0. The maximum Gasteiger partial charge on any atom is 0.139 e. The van der Waals surface area contributed by atoms with Crippen molar-refractivity contribution >= 4 is 17.1 Å². The second kappa shape index (κ2) is 8.56. The zero-order valence-electron chi connectivity index (χ0n) is 13.5. The van der Waals surface area contributed by atoms with Gasteiger partial charge < -0.3 is 0 Å². The molecule has 0 bridgehead atoms. The third-order valence-corrected chi connectivity index (χ3v) is 4.33. The van der Waals surface area contributed by atoms with Crippen molar-refractivity contribution in [3.05, 3.63) is 16.1 Å². The van der Waals surface area contributed by atoms with Gasteiger partial charge >= 0.3 is 0 Å². The second-order valence-electron chi connectivity index (χ2n) is 6.61. The van der Waals surface area contributed by atoms with Gasteiger partial charge in [-0.3, -0.25) is 4.79 Å². The molecule has 20 heavy (non-hydrogen) atoms. The molecular weight excluding hydrogens is 266 g/mol. The van der Waals surface area contributed by atoms with Crippen LogP contribution in [-0.2, 0) is 16.6 Å². The van der Waals surface area contributed by atoms with E-state index in [0.29, 0.717) is 12.2 Å². The minimum atomic E-state index is 0.0804. The summed E-state index contributed by atoms with van der Waals surface area (Å²) in [4.78, 5) is 16.5. The van der Waals surface area contributed by atoms with E-state index in [9.17, 15) is 4.79 Å². The first-order valence-electron chi connectivity index (χ1n) is 7.90. The molecular formula is C17H29NOS. The fourth-order valence-corrected chi connectivity index (χ4v) is 3.15. The van der Waals surface area contributed by atoms with Gasteiger partial charge in [0.1, 0.15) is 10.8 Å². The quantitative estimate of drug-likeness (QED) is 0.578. The number of hydrogen-bond donors (Lipinski definition) is 0. The minimum absolute atomic E-state index is 0.0804. The van der Waals surface area contributed by atoms with Gasteiger partial charge in [-0.1, -0.05) is 59.8 Å². The van der Waals surface area contributed by atoms with Crippen molar-refractivity contribution in [3.63, 3.8) is 0 Å². The van der Waals surface area contributed by atoms with Gasteiger partial charge in [0, 0.05) is 17.2 Å². The van der Waals surface area contributed by atoms with Crippen molar-refractivity contribution in [3.8, 4) is 0 Å². The van der Waals surface area contributed by atoms with Crippen LogP contribution in [0.5, 0.6) is 0 Å². The molecule has 0 N–H and O–H groups in total. The van der Waals surface area contributed by atoms with Gasteiger partial charge in [-0.2, -0.15) is 0 Å². The normalized spacial score (nSPS) is 11.8. The van der Waals surface area contributed by atoms with Crippen molar-refractivity contribution in [1.82, 2.24) is 4.98 Å². The molecule has 0 radical (unpaired) electrons. The number of Topliss-reactive ketones (excluding diaryl/α,β-unsaturated/α-hetero) is 1. The average Bonchev–Trinajstić information content (AvgIpc) is 2.82. The molecule has 0 fully saturated rings. The number of ketones is 1. The summed E-state index contributed by atoms with van der Waals surface area (Å²) in [7, 11) is 0. The van der Waals surface area contributed by atoms with Crippen LogP contribution in [0.15, 0.2) is 5.38 Å². The van der Waals surface area contributed by atoms with Crippen LogP contribution in [0.2, 0.25) is 0 Å². The molecule has 0 saturated heterocycles. The number of hydrogen-bond acceptors (Lipinski definition) is 3. The maximum absolute atomic E-state index is 11.9. The summed E-state index contributed by atoms with van der Waals surface area (Å²) in [6, 6.07) is 0. The lowest BCUT2D eigenvalue weighted by atomic mass is 9.93. The van der Waals surface area contributed by atoms with E-state index in [1.165, 1.54) is 32.1 Å². The minimum Gasteiger partial charge on any atom is -0.299 e.